The summed E-state index contributed by atoms with van der Waals surface area (Å²) in [5.74, 6) is -1.37. The molecule has 0 atom stereocenters. The molecule has 0 aromatic carbocycles. The molecule has 0 unspecified atom stereocenters. The van der Waals surface area contributed by atoms with Crippen molar-refractivity contribution in [1.29, 1.82) is 0 Å². The van der Waals surface area contributed by atoms with E-state index in [2.05, 4.69) is 0 Å². The highest BCUT2D eigenvalue weighted by Crippen LogP contribution is 2.12. The number of esters is 4. The summed E-state index contributed by atoms with van der Waals surface area (Å²) in [6.45, 7) is 26.1. The van der Waals surface area contributed by atoms with Crippen LogP contribution in [0.5, 0.6) is 0 Å². The first-order valence-corrected chi connectivity index (χ1v) is 15.7. The predicted molar refractivity (Wildman–Crippen MR) is 179 cm³/mol. The van der Waals surface area contributed by atoms with Crippen molar-refractivity contribution in [3.8, 4) is 0 Å². The molecule has 0 aliphatic carbocycles. The molecule has 13 heteroatoms. The van der Waals surface area contributed by atoms with Crippen molar-refractivity contribution in [3.05, 3.63) is 0 Å². The minimum absolute atomic E-state index is 0. The van der Waals surface area contributed by atoms with Gasteiger partial charge in [-0.1, -0.05) is 0 Å². The molecule has 0 N–H and O–H groups in total. The highest BCUT2D eigenvalue weighted by atomic mass is 79.9. The maximum Gasteiger partial charge on any atom is 0.320 e. The van der Waals surface area contributed by atoms with E-state index in [9.17, 15) is 19.2 Å². The molecular weight excluding hydrogens is 648 g/mol. The van der Waals surface area contributed by atoms with Crippen molar-refractivity contribution in [2.45, 2.75) is 105 Å². The largest absolute Gasteiger partial charge is 0.459 e. The first-order chi connectivity index (χ1) is 19.9. The summed E-state index contributed by atoms with van der Waals surface area (Å²) in [6, 6.07) is 0. The second-order valence-electron chi connectivity index (χ2n) is 15.5. The van der Waals surface area contributed by atoms with Crippen LogP contribution < -0.4 is 0 Å². The van der Waals surface area contributed by atoms with Gasteiger partial charge in [-0.25, -0.2) is 0 Å². The fraction of sp³-hybridized carbons (Fsp3) is 0.875. The minimum Gasteiger partial charge on any atom is -0.459 e. The molecule has 0 radical (unpaired) electrons. The smallest absolute Gasteiger partial charge is 0.320 e. The Balaban J connectivity index is 0.0000194. The lowest BCUT2D eigenvalue weighted by molar-refractivity contribution is -0.159. The van der Waals surface area contributed by atoms with Crippen LogP contribution in [-0.2, 0) is 38.1 Å². The zero-order chi connectivity index (χ0) is 33.9. The molecule has 1 fully saturated rings. The number of hydrogen-bond donors (Lipinski definition) is 0. The molecule has 0 aromatic heterocycles. The van der Waals surface area contributed by atoms with E-state index in [1.807, 2.05) is 103 Å². The van der Waals surface area contributed by atoms with E-state index in [1.54, 1.807) is 0 Å². The maximum atomic E-state index is 12.8. The van der Waals surface area contributed by atoms with Crippen LogP contribution in [0.2, 0.25) is 0 Å². The minimum atomic E-state index is -0.618. The summed E-state index contributed by atoms with van der Waals surface area (Å²) in [5, 5.41) is 0. The summed E-state index contributed by atoms with van der Waals surface area (Å²) in [5.41, 5.74) is -2.47. The lowest BCUT2D eigenvalue weighted by atomic mass is 10.2. The van der Waals surface area contributed by atoms with Crippen LogP contribution in [0.4, 0.5) is 0 Å². The Bertz CT molecular complexity index is 783. The van der Waals surface area contributed by atoms with Gasteiger partial charge in [-0.2, -0.15) is 0 Å². The Kier molecular flexibility index (Phi) is 17.8. The molecule has 0 saturated carbocycles. The number of nitrogens with zero attached hydrogens (tertiary/aromatic N) is 4. The van der Waals surface area contributed by atoms with Gasteiger partial charge in [0.25, 0.3) is 0 Å². The van der Waals surface area contributed by atoms with Gasteiger partial charge in [-0.05, 0) is 83.1 Å². The van der Waals surface area contributed by atoms with E-state index in [1.165, 1.54) is 0 Å². The lowest BCUT2D eigenvalue weighted by Crippen LogP contribution is -2.50. The van der Waals surface area contributed by atoms with Gasteiger partial charge in [0.1, 0.15) is 22.4 Å². The van der Waals surface area contributed by atoms with Crippen LogP contribution in [0, 0.1) is 0 Å². The van der Waals surface area contributed by atoms with Gasteiger partial charge >= 0.3 is 23.9 Å². The Morgan fingerprint density at radius 3 is 0.622 bits per heavy atom. The highest BCUT2D eigenvalue weighted by Gasteiger charge is 2.26. The number of rotatable bonds is 8. The second-order valence-corrected chi connectivity index (χ2v) is 15.5. The molecule has 0 aromatic rings. The first-order valence-electron chi connectivity index (χ1n) is 15.7. The third-order valence-electron chi connectivity index (χ3n) is 6.02. The molecule has 1 rings (SSSR count). The standard InChI is InChI=1S/C32H60N4O8.BrH/c1-29(2,3)41-25(37)21-33-13-15-34(22-26(38)42-30(4,5)6)17-19-36(24-28(40)44-32(10,11)12)20-18-35(16-14-33)23-27(39)43-31(7,8)9;/h13-24H2,1-12H3;1H. The van der Waals surface area contributed by atoms with Gasteiger partial charge in [0.2, 0.25) is 0 Å². The van der Waals surface area contributed by atoms with Crippen molar-refractivity contribution in [1.82, 2.24) is 19.6 Å². The fourth-order valence-electron chi connectivity index (χ4n) is 4.44. The first kappa shape index (κ1) is 43.2. The molecule has 1 saturated heterocycles. The molecule has 1 aliphatic rings. The van der Waals surface area contributed by atoms with Crippen molar-refractivity contribution in [2.75, 3.05) is 78.5 Å². The molecule has 264 valence electrons. The Hall–Kier alpha value is -1.80. The maximum absolute atomic E-state index is 12.8. The van der Waals surface area contributed by atoms with Gasteiger partial charge in [-0.15, -0.1) is 17.0 Å². The van der Waals surface area contributed by atoms with E-state index in [-0.39, 0.29) is 67.0 Å². The number of carbonyl (C=O) groups is 4. The zero-order valence-corrected chi connectivity index (χ0v) is 31.7. The van der Waals surface area contributed by atoms with Crippen molar-refractivity contribution < 1.29 is 38.1 Å². The summed E-state index contributed by atoms with van der Waals surface area (Å²) in [4.78, 5) is 59.1. The van der Waals surface area contributed by atoms with E-state index >= 15 is 0 Å². The lowest BCUT2D eigenvalue weighted by Gasteiger charge is -2.34. The molecule has 1 heterocycles. The third-order valence-corrected chi connectivity index (χ3v) is 6.02. The molecule has 1 aliphatic heterocycles. The Labute approximate surface area is 282 Å². The van der Waals surface area contributed by atoms with Crippen LogP contribution in [-0.4, -0.2) is 144 Å². The number of hydrogen-bond acceptors (Lipinski definition) is 12. The zero-order valence-electron chi connectivity index (χ0n) is 29.9. The van der Waals surface area contributed by atoms with E-state index in [0.29, 0.717) is 52.4 Å². The average molecular weight is 710 g/mol. The monoisotopic (exact) mass is 708 g/mol. The van der Waals surface area contributed by atoms with Gasteiger partial charge in [0.05, 0.1) is 26.2 Å². The summed E-state index contributed by atoms with van der Waals surface area (Å²) < 4.78 is 22.3. The van der Waals surface area contributed by atoms with Crippen molar-refractivity contribution >= 4 is 40.9 Å². The molecule has 0 spiro atoms. The topological polar surface area (TPSA) is 118 Å². The van der Waals surface area contributed by atoms with Gasteiger partial charge in [-0.3, -0.25) is 38.8 Å². The van der Waals surface area contributed by atoms with Gasteiger partial charge < -0.3 is 18.9 Å². The SMILES string of the molecule is Br.CC(C)(C)OC(=O)CN1CCN(CC(=O)OC(C)(C)C)CCN(CC(=O)OC(C)(C)C)CCN(CC(=O)OC(C)(C)C)CC1. The van der Waals surface area contributed by atoms with Gasteiger partial charge in [0, 0.05) is 52.4 Å². The molecule has 12 nitrogen and oxygen atoms in total. The van der Waals surface area contributed by atoms with Crippen LogP contribution in [0.3, 0.4) is 0 Å². The normalized spacial score (nSPS) is 17.7. The second kappa shape index (κ2) is 18.5. The molecular formula is C32H61BrN4O8. The van der Waals surface area contributed by atoms with Crippen LogP contribution in [0.1, 0.15) is 83.1 Å². The Morgan fingerprint density at radius 2 is 0.511 bits per heavy atom. The molecule has 0 amide bonds. The van der Waals surface area contributed by atoms with Crippen molar-refractivity contribution in [3.63, 3.8) is 0 Å². The van der Waals surface area contributed by atoms with Crippen molar-refractivity contribution in [2.24, 2.45) is 0 Å². The average Bonchev–Trinajstić information content (AvgIpc) is 2.75. The summed E-state index contributed by atoms with van der Waals surface area (Å²) in [7, 11) is 0. The Morgan fingerprint density at radius 1 is 0.378 bits per heavy atom. The van der Waals surface area contributed by atoms with Crippen LogP contribution in [0.25, 0.3) is 0 Å². The number of carbonyl (C=O) groups excluding carboxylic acids is 4. The van der Waals surface area contributed by atoms with E-state index in [4.69, 9.17) is 18.9 Å². The molecule has 45 heavy (non-hydrogen) atoms. The fourth-order valence-corrected chi connectivity index (χ4v) is 4.44. The van der Waals surface area contributed by atoms with Gasteiger partial charge in [0.15, 0.2) is 0 Å². The quantitative estimate of drug-likeness (QED) is 0.272. The summed E-state index contributed by atoms with van der Waals surface area (Å²) in [6.07, 6.45) is 0. The highest BCUT2D eigenvalue weighted by molar-refractivity contribution is 8.93. The third kappa shape index (κ3) is 23.2. The number of halogens is 1. The van der Waals surface area contributed by atoms with Crippen LogP contribution >= 0.6 is 17.0 Å². The van der Waals surface area contributed by atoms with E-state index < -0.39 is 22.4 Å². The molecule has 0 bridgehead atoms. The number of ether oxygens (including phenoxy) is 4. The van der Waals surface area contributed by atoms with Crippen LogP contribution in [0.15, 0.2) is 0 Å². The predicted octanol–water partition coefficient (Wildman–Crippen LogP) is 3.15. The van der Waals surface area contributed by atoms with E-state index in [0.717, 1.165) is 0 Å². The summed E-state index contributed by atoms with van der Waals surface area (Å²) >= 11 is 0.